The van der Waals surface area contributed by atoms with Gasteiger partial charge in [0.1, 0.15) is 0 Å². The van der Waals surface area contributed by atoms with E-state index >= 15 is 0 Å². The lowest BCUT2D eigenvalue weighted by Gasteiger charge is -2.33. The average molecular weight is 387 g/mol. The molecule has 0 saturated carbocycles. The Morgan fingerprint density at radius 2 is 1.89 bits per heavy atom. The van der Waals surface area contributed by atoms with Gasteiger partial charge in [-0.2, -0.15) is 0 Å². The molecule has 5 nitrogen and oxygen atoms in total. The summed E-state index contributed by atoms with van der Waals surface area (Å²) < 4.78 is 33.9. The standard InChI is InChI=1S/C21H26N2O3S/c24-27(25,21-10-9-18-7-4-8-19(18)13-21)22-14-20-16-23(11-12-26-20)15-17-5-2-1-3-6-17/h1-3,5-6,9-10,13,20,22H,4,7-8,11-12,14-16H2. The fourth-order valence-electron chi connectivity index (χ4n) is 3.89. The Kier molecular flexibility index (Phi) is 5.59. The topological polar surface area (TPSA) is 58.6 Å². The highest BCUT2D eigenvalue weighted by molar-refractivity contribution is 7.89. The van der Waals surface area contributed by atoms with Gasteiger partial charge in [-0.15, -0.1) is 0 Å². The molecular formula is C21H26N2O3S. The van der Waals surface area contributed by atoms with E-state index in [0.717, 1.165) is 38.9 Å². The van der Waals surface area contributed by atoms with E-state index in [1.807, 2.05) is 30.3 Å². The van der Waals surface area contributed by atoms with Crippen LogP contribution in [0.2, 0.25) is 0 Å². The van der Waals surface area contributed by atoms with Gasteiger partial charge >= 0.3 is 0 Å². The van der Waals surface area contributed by atoms with E-state index in [4.69, 9.17) is 4.74 Å². The molecule has 2 aliphatic rings. The fourth-order valence-corrected chi connectivity index (χ4v) is 5.01. The second kappa shape index (κ2) is 8.10. The first-order valence-corrected chi connectivity index (χ1v) is 11.1. The fraction of sp³-hybridized carbons (Fsp3) is 0.429. The number of nitrogens with one attached hydrogen (secondary N) is 1. The summed E-state index contributed by atoms with van der Waals surface area (Å²) in [6.45, 7) is 3.37. The molecule has 0 radical (unpaired) electrons. The lowest BCUT2D eigenvalue weighted by atomic mass is 10.1. The van der Waals surface area contributed by atoms with E-state index in [9.17, 15) is 8.42 Å². The molecule has 144 valence electrons. The molecule has 1 aliphatic heterocycles. The third-order valence-corrected chi connectivity index (χ3v) is 6.77. The molecule has 1 heterocycles. The van der Waals surface area contributed by atoms with Crippen molar-refractivity contribution in [1.82, 2.24) is 9.62 Å². The van der Waals surface area contributed by atoms with Crippen molar-refractivity contribution in [3.8, 4) is 0 Å². The van der Waals surface area contributed by atoms with Gasteiger partial charge in [0.2, 0.25) is 10.0 Å². The summed E-state index contributed by atoms with van der Waals surface area (Å²) in [5.41, 5.74) is 3.71. The van der Waals surface area contributed by atoms with Crippen LogP contribution in [0.5, 0.6) is 0 Å². The SMILES string of the molecule is O=S(=O)(NCC1CN(Cc2ccccc2)CCO1)c1ccc2c(c1)CCC2. The van der Waals surface area contributed by atoms with Crippen molar-refractivity contribution < 1.29 is 13.2 Å². The number of rotatable bonds is 6. The van der Waals surface area contributed by atoms with E-state index in [2.05, 4.69) is 21.8 Å². The van der Waals surface area contributed by atoms with Gasteiger partial charge in [-0.3, -0.25) is 4.90 Å². The maximum Gasteiger partial charge on any atom is 0.240 e. The summed E-state index contributed by atoms with van der Waals surface area (Å²) in [6, 6.07) is 15.8. The van der Waals surface area contributed by atoms with Crippen molar-refractivity contribution in [2.75, 3.05) is 26.2 Å². The van der Waals surface area contributed by atoms with E-state index < -0.39 is 10.0 Å². The molecule has 0 aromatic heterocycles. The van der Waals surface area contributed by atoms with Crippen molar-refractivity contribution >= 4 is 10.0 Å². The van der Waals surface area contributed by atoms with Crippen LogP contribution >= 0.6 is 0 Å². The minimum Gasteiger partial charge on any atom is -0.374 e. The Hall–Kier alpha value is -1.73. The van der Waals surface area contributed by atoms with Crippen LogP contribution in [0.1, 0.15) is 23.1 Å². The molecule has 1 saturated heterocycles. The summed E-state index contributed by atoms with van der Waals surface area (Å²) in [6.07, 6.45) is 3.00. The Morgan fingerprint density at radius 1 is 1.07 bits per heavy atom. The molecule has 0 bridgehead atoms. The lowest BCUT2D eigenvalue weighted by Crippen LogP contribution is -2.47. The van der Waals surface area contributed by atoms with Crippen molar-refractivity contribution in [1.29, 1.82) is 0 Å². The average Bonchev–Trinajstić information content (AvgIpc) is 3.15. The number of morpholine rings is 1. The monoisotopic (exact) mass is 386 g/mol. The van der Waals surface area contributed by atoms with Crippen LogP contribution in [0, 0.1) is 0 Å². The first kappa shape index (κ1) is 18.6. The van der Waals surface area contributed by atoms with Crippen LogP contribution in [0.15, 0.2) is 53.4 Å². The van der Waals surface area contributed by atoms with Gasteiger partial charge in [0.05, 0.1) is 17.6 Å². The van der Waals surface area contributed by atoms with Crippen LogP contribution in [0.4, 0.5) is 0 Å². The highest BCUT2D eigenvalue weighted by atomic mass is 32.2. The molecule has 4 rings (SSSR count). The summed E-state index contributed by atoms with van der Waals surface area (Å²) in [7, 11) is -3.51. The van der Waals surface area contributed by atoms with Crippen molar-refractivity contribution in [3.05, 3.63) is 65.2 Å². The zero-order valence-electron chi connectivity index (χ0n) is 15.4. The van der Waals surface area contributed by atoms with Gasteiger partial charge in [-0.1, -0.05) is 36.4 Å². The first-order chi connectivity index (χ1) is 13.1. The number of fused-ring (bicyclic) bond motifs is 1. The molecule has 1 unspecified atom stereocenters. The van der Waals surface area contributed by atoms with Crippen LogP contribution in [-0.4, -0.2) is 45.7 Å². The number of hydrogen-bond donors (Lipinski definition) is 1. The lowest BCUT2D eigenvalue weighted by molar-refractivity contribution is -0.0276. The normalized spacial score (nSPS) is 20.5. The van der Waals surface area contributed by atoms with E-state index in [1.165, 1.54) is 16.7 Å². The molecule has 0 amide bonds. The van der Waals surface area contributed by atoms with Gasteiger partial charge in [0.25, 0.3) is 0 Å². The maximum absolute atomic E-state index is 12.7. The molecule has 2 aromatic rings. The summed E-state index contributed by atoms with van der Waals surface area (Å²) in [5.74, 6) is 0. The second-order valence-corrected chi connectivity index (χ2v) is 9.12. The van der Waals surface area contributed by atoms with Gasteiger partial charge in [0.15, 0.2) is 0 Å². The number of benzene rings is 2. The summed E-state index contributed by atoms with van der Waals surface area (Å²) >= 11 is 0. The molecule has 1 aliphatic carbocycles. The summed E-state index contributed by atoms with van der Waals surface area (Å²) in [5, 5.41) is 0. The predicted octanol–water partition coefficient (Wildman–Crippen LogP) is 2.35. The Bertz CT molecular complexity index is 884. The first-order valence-electron chi connectivity index (χ1n) is 9.59. The van der Waals surface area contributed by atoms with E-state index in [1.54, 1.807) is 6.07 Å². The van der Waals surface area contributed by atoms with Crippen LogP contribution in [-0.2, 0) is 34.1 Å². The molecule has 6 heteroatoms. The number of nitrogens with zero attached hydrogens (tertiary/aromatic N) is 1. The number of hydrogen-bond acceptors (Lipinski definition) is 4. The molecule has 2 aromatic carbocycles. The minimum absolute atomic E-state index is 0.133. The molecule has 27 heavy (non-hydrogen) atoms. The molecule has 0 spiro atoms. The van der Waals surface area contributed by atoms with Crippen molar-refractivity contribution in [3.63, 3.8) is 0 Å². The van der Waals surface area contributed by atoms with Crippen LogP contribution < -0.4 is 4.72 Å². The number of sulfonamides is 1. The summed E-state index contributed by atoms with van der Waals surface area (Å²) in [4.78, 5) is 2.67. The van der Waals surface area contributed by atoms with Crippen molar-refractivity contribution in [2.24, 2.45) is 0 Å². The van der Waals surface area contributed by atoms with E-state index in [-0.39, 0.29) is 6.10 Å². The maximum atomic E-state index is 12.7. The van der Waals surface area contributed by atoms with Gasteiger partial charge in [0, 0.05) is 26.2 Å². The van der Waals surface area contributed by atoms with Crippen LogP contribution in [0.3, 0.4) is 0 Å². The number of ether oxygens (including phenoxy) is 1. The highest BCUT2D eigenvalue weighted by Crippen LogP contribution is 2.24. The Morgan fingerprint density at radius 3 is 2.74 bits per heavy atom. The number of aryl methyl sites for hydroxylation is 2. The largest absolute Gasteiger partial charge is 0.374 e. The smallest absolute Gasteiger partial charge is 0.240 e. The molecular weight excluding hydrogens is 360 g/mol. The predicted molar refractivity (Wildman–Crippen MR) is 105 cm³/mol. The molecule has 1 N–H and O–H groups in total. The van der Waals surface area contributed by atoms with Gasteiger partial charge in [-0.05, 0) is 48.1 Å². The Labute approximate surface area is 161 Å². The van der Waals surface area contributed by atoms with Crippen molar-refractivity contribution in [2.45, 2.75) is 36.8 Å². The zero-order chi connectivity index (χ0) is 18.7. The third-order valence-electron chi connectivity index (χ3n) is 5.35. The molecule has 1 atom stereocenters. The van der Waals surface area contributed by atoms with Gasteiger partial charge in [-0.25, -0.2) is 13.1 Å². The third kappa shape index (κ3) is 4.58. The van der Waals surface area contributed by atoms with E-state index in [0.29, 0.717) is 18.0 Å². The van der Waals surface area contributed by atoms with Gasteiger partial charge < -0.3 is 4.74 Å². The van der Waals surface area contributed by atoms with Crippen LogP contribution in [0.25, 0.3) is 0 Å². The zero-order valence-corrected chi connectivity index (χ0v) is 16.2. The quantitative estimate of drug-likeness (QED) is 0.828. The molecule has 1 fully saturated rings. The Balaban J connectivity index is 1.35. The second-order valence-electron chi connectivity index (χ2n) is 7.35. The minimum atomic E-state index is -3.51. The highest BCUT2D eigenvalue weighted by Gasteiger charge is 2.24.